The highest BCUT2D eigenvalue weighted by molar-refractivity contribution is 6.26. The van der Waals surface area contributed by atoms with E-state index in [9.17, 15) is 22.8 Å². The average molecular weight is 268 g/mol. The SMILES string of the molecule is O=C1C2=C(OC(C(F)(F)F)C2)C(=O)c2ccccc21. The highest BCUT2D eigenvalue weighted by Crippen LogP contribution is 2.40. The zero-order valence-electron chi connectivity index (χ0n) is 9.45. The van der Waals surface area contributed by atoms with Gasteiger partial charge in [-0.2, -0.15) is 13.2 Å². The molecular formula is C13H7F3O3. The van der Waals surface area contributed by atoms with Gasteiger partial charge in [0, 0.05) is 17.5 Å². The van der Waals surface area contributed by atoms with Crippen LogP contribution in [-0.4, -0.2) is 23.8 Å². The Kier molecular flexibility index (Phi) is 2.32. The van der Waals surface area contributed by atoms with Crippen LogP contribution in [0.4, 0.5) is 13.2 Å². The van der Waals surface area contributed by atoms with Gasteiger partial charge in [0.05, 0.1) is 5.57 Å². The molecule has 1 aliphatic carbocycles. The number of hydrogen-bond acceptors (Lipinski definition) is 3. The van der Waals surface area contributed by atoms with Crippen LogP contribution in [0.25, 0.3) is 0 Å². The van der Waals surface area contributed by atoms with Crippen molar-refractivity contribution in [3.8, 4) is 0 Å². The van der Waals surface area contributed by atoms with Crippen LogP contribution in [-0.2, 0) is 4.74 Å². The van der Waals surface area contributed by atoms with E-state index in [2.05, 4.69) is 4.74 Å². The Bertz CT molecular complexity index is 581. The molecule has 0 saturated carbocycles. The molecule has 2 aliphatic rings. The maximum atomic E-state index is 12.6. The summed E-state index contributed by atoms with van der Waals surface area (Å²) >= 11 is 0. The molecule has 3 rings (SSSR count). The molecule has 0 aromatic heterocycles. The summed E-state index contributed by atoms with van der Waals surface area (Å²) in [6.45, 7) is 0. The Hall–Kier alpha value is -2.11. The van der Waals surface area contributed by atoms with Crippen molar-refractivity contribution in [2.75, 3.05) is 0 Å². The van der Waals surface area contributed by atoms with E-state index in [1.807, 2.05) is 0 Å². The number of rotatable bonds is 0. The third kappa shape index (κ3) is 1.67. The van der Waals surface area contributed by atoms with Crippen molar-refractivity contribution in [3.63, 3.8) is 0 Å². The van der Waals surface area contributed by atoms with Crippen LogP contribution in [0, 0.1) is 0 Å². The van der Waals surface area contributed by atoms with E-state index >= 15 is 0 Å². The first kappa shape index (κ1) is 12.0. The zero-order valence-corrected chi connectivity index (χ0v) is 9.45. The minimum absolute atomic E-state index is 0.0917. The maximum absolute atomic E-state index is 12.6. The van der Waals surface area contributed by atoms with E-state index in [1.165, 1.54) is 12.1 Å². The van der Waals surface area contributed by atoms with Crippen LogP contribution in [0.5, 0.6) is 0 Å². The molecule has 19 heavy (non-hydrogen) atoms. The highest BCUT2D eigenvalue weighted by atomic mass is 19.4. The largest absolute Gasteiger partial charge is 0.476 e. The van der Waals surface area contributed by atoms with E-state index in [4.69, 9.17) is 0 Å². The van der Waals surface area contributed by atoms with Gasteiger partial charge >= 0.3 is 6.18 Å². The standard InChI is InChI=1S/C13H7F3O3/c14-13(15,16)9-5-8-10(17)6-3-1-2-4-7(6)11(18)12(8)19-9/h1-4,9H,5H2. The third-order valence-electron chi connectivity index (χ3n) is 3.19. The summed E-state index contributed by atoms with van der Waals surface area (Å²) < 4.78 is 42.5. The molecule has 0 bridgehead atoms. The first-order valence-corrected chi connectivity index (χ1v) is 5.54. The molecule has 1 atom stereocenters. The third-order valence-corrected chi connectivity index (χ3v) is 3.19. The lowest BCUT2D eigenvalue weighted by Crippen LogP contribution is -2.28. The van der Waals surface area contributed by atoms with Gasteiger partial charge in [-0.15, -0.1) is 0 Å². The van der Waals surface area contributed by atoms with Crippen LogP contribution < -0.4 is 0 Å². The van der Waals surface area contributed by atoms with E-state index in [1.54, 1.807) is 12.1 Å². The number of ether oxygens (including phenoxy) is 1. The topological polar surface area (TPSA) is 43.4 Å². The predicted molar refractivity (Wildman–Crippen MR) is 57.7 cm³/mol. The van der Waals surface area contributed by atoms with Gasteiger partial charge in [-0.25, -0.2) is 0 Å². The second-order valence-electron chi connectivity index (χ2n) is 4.36. The summed E-state index contributed by atoms with van der Waals surface area (Å²) in [7, 11) is 0. The Balaban J connectivity index is 2.05. The van der Waals surface area contributed by atoms with Gasteiger partial charge in [-0.3, -0.25) is 9.59 Å². The highest BCUT2D eigenvalue weighted by Gasteiger charge is 2.50. The average Bonchev–Trinajstić information content (AvgIpc) is 2.81. The van der Waals surface area contributed by atoms with Gasteiger partial charge in [0.15, 0.2) is 17.6 Å². The van der Waals surface area contributed by atoms with Crippen molar-refractivity contribution in [1.82, 2.24) is 0 Å². The minimum Gasteiger partial charge on any atom is -0.476 e. The molecule has 0 radical (unpaired) electrons. The quantitative estimate of drug-likeness (QED) is 0.726. The summed E-state index contributed by atoms with van der Waals surface area (Å²) in [5.41, 5.74) is 0.0535. The molecule has 1 aromatic rings. The van der Waals surface area contributed by atoms with E-state index in [0.29, 0.717) is 0 Å². The van der Waals surface area contributed by atoms with Gasteiger partial charge in [-0.1, -0.05) is 24.3 Å². The molecule has 3 nitrogen and oxygen atoms in total. The summed E-state index contributed by atoms with van der Waals surface area (Å²) in [6, 6.07) is 5.95. The van der Waals surface area contributed by atoms with E-state index < -0.39 is 36.0 Å². The number of carbonyl (C=O) groups is 2. The fourth-order valence-electron chi connectivity index (χ4n) is 2.27. The summed E-state index contributed by atoms with van der Waals surface area (Å²) in [6.07, 6.45) is -7.30. The number of benzene rings is 1. The summed E-state index contributed by atoms with van der Waals surface area (Å²) in [5.74, 6) is -1.67. The van der Waals surface area contributed by atoms with E-state index in [-0.39, 0.29) is 16.7 Å². The lowest BCUT2D eigenvalue weighted by atomic mass is 9.87. The molecule has 1 aromatic carbocycles. The van der Waals surface area contributed by atoms with Gasteiger partial charge in [0.2, 0.25) is 5.78 Å². The number of Topliss-reactive ketones (excluding diaryl/α,β-unsaturated/α-hetero) is 2. The van der Waals surface area contributed by atoms with Gasteiger partial charge in [0.1, 0.15) is 0 Å². The smallest absolute Gasteiger partial charge is 0.425 e. The van der Waals surface area contributed by atoms with Gasteiger partial charge in [0.25, 0.3) is 0 Å². The molecule has 1 heterocycles. The molecule has 0 fully saturated rings. The molecule has 0 saturated heterocycles. The number of allylic oxidation sites excluding steroid dienone is 1. The van der Waals surface area contributed by atoms with Crippen molar-refractivity contribution < 1.29 is 27.5 Å². The van der Waals surface area contributed by atoms with Crippen LogP contribution in [0.2, 0.25) is 0 Å². The Morgan fingerprint density at radius 3 is 2.21 bits per heavy atom. The molecule has 6 heteroatoms. The number of alkyl halides is 3. The normalized spacial score (nSPS) is 22.2. The summed E-state index contributed by atoms with van der Waals surface area (Å²) in [5, 5.41) is 0. The number of carbonyl (C=O) groups excluding carboxylic acids is 2. The van der Waals surface area contributed by atoms with Gasteiger partial charge < -0.3 is 4.74 Å². The maximum Gasteiger partial charge on any atom is 0.425 e. The molecule has 1 aliphatic heterocycles. The molecule has 0 N–H and O–H groups in total. The van der Waals surface area contributed by atoms with Crippen LogP contribution >= 0.6 is 0 Å². The second-order valence-corrected chi connectivity index (χ2v) is 4.36. The first-order chi connectivity index (χ1) is 8.89. The Labute approximate surface area is 105 Å². The van der Waals surface area contributed by atoms with E-state index in [0.717, 1.165) is 0 Å². The lowest BCUT2D eigenvalue weighted by molar-refractivity contribution is -0.201. The molecular weight excluding hydrogens is 261 g/mol. The van der Waals surface area contributed by atoms with Crippen molar-refractivity contribution in [2.45, 2.75) is 18.7 Å². The number of fused-ring (bicyclic) bond motifs is 1. The Morgan fingerprint density at radius 1 is 1.05 bits per heavy atom. The number of halogens is 3. The van der Waals surface area contributed by atoms with Crippen molar-refractivity contribution >= 4 is 11.6 Å². The molecule has 98 valence electrons. The predicted octanol–water partition coefficient (Wildman–Crippen LogP) is 2.67. The first-order valence-electron chi connectivity index (χ1n) is 5.54. The fourth-order valence-corrected chi connectivity index (χ4v) is 2.27. The zero-order chi connectivity index (χ0) is 13.8. The number of ketones is 2. The van der Waals surface area contributed by atoms with Crippen LogP contribution in [0.3, 0.4) is 0 Å². The van der Waals surface area contributed by atoms with Gasteiger partial charge in [-0.05, 0) is 0 Å². The molecule has 1 unspecified atom stereocenters. The van der Waals surface area contributed by atoms with Crippen molar-refractivity contribution in [3.05, 3.63) is 46.7 Å². The van der Waals surface area contributed by atoms with Crippen molar-refractivity contribution in [1.29, 1.82) is 0 Å². The fraction of sp³-hybridized carbons (Fsp3) is 0.231. The lowest BCUT2D eigenvalue weighted by Gasteiger charge is -2.16. The minimum atomic E-state index is -4.59. The molecule has 0 spiro atoms. The van der Waals surface area contributed by atoms with Crippen LogP contribution in [0.15, 0.2) is 35.6 Å². The van der Waals surface area contributed by atoms with Crippen molar-refractivity contribution in [2.24, 2.45) is 0 Å². The monoisotopic (exact) mass is 268 g/mol. The Morgan fingerprint density at radius 2 is 1.63 bits per heavy atom. The second kappa shape index (κ2) is 3.69. The van der Waals surface area contributed by atoms with Crippen LogP contribution in [0.1, 0.15) is 27.1 Å². The summed E-state index contributed by atoms with van der Waals surface area (Å²) in [4.78, 5) is 24.1. The molecule has 0 amide bonds. The number of hydrogen-bond donors (Lipinski definition) is 0.